The summed E-state index contributed by atoms with van der Waals surface area (Å²) >= 11 is 0. The number of carbonyl (C=O) groups excluding carboxylic acids is 1. The van der Waals surface area contributed by atoms with E-state index < -0.39 is 0 Å². The summed E-state index contributed by atoms with van der Waals surface area (Å²) in [6, 6.07) is 5.46. The van der Waals surface area contributed by atoms with Crippen LogP contribution in [0.5, 0.6) is 0 Å². The van der Waals surface area contributed by atoms with Crippen molar-refractivity contribution in [3.8, 4) is 0 Å². The Bertz CT molecular complexity index is 611. The van der Waals surface area contributed by atoms with Crippen LogP contribution in [-0.4, -0.2) is 58.4 Å². The van der Waals surface area contributed by atoms with E-state index in [1.54, 1.807) is 30.9 Å². The van der Waals surface area contributed by atoms with E-state index in [1.807, 2.05) is 12.1 Å². The Morgan fingerprint density at radius 3 is 2.52 bits per heavy atom. The molecule has 120 valence electrons. The fourth-order valence-electron chi connectivity index (χ4n) is 2.76. The van der Waals surface area contributed by atoms with Gasteiger partial charge in [-0.1, -0.05) is 0 Å². The Morgan fingerprint density at radius 2 is 1.83 bits per heavy atom. The van der Waals surface area contributed by atoms with Crippen molar-refractivity contribution in [1.29, 1.82) is 0 Å². The predicted octanol–water partition coefficient (Wildman–Crippen LogP) is 1.66. The molecule has 23 heavy (non-hydrogen) atoms. The average Bonchev–Trinajstić information content (AvgIpc) is 2.64. The van der Waals surface area contributed by atoms with Gasteiger partial charge in [0, 0.05) is 63.0 Å². The number of rotatable bonds is 6. The van der Waals surface area contributed by atoms with Gasteiger partial charge in [0.15, 0.2) is 5.78 Å². The number of ketones is 1. The second-order valence-corrected chi connectivity index (χ2v) is 5.65. The van der Waals surface area contributed by atoms with Crippen molar-refractivity contribution in [2.75, 3.05) is 37.6 Å². The lowest BCUT2D eigenvalue weighted by Gasteiger charge is -2.34. The van der Waals surface area contributed by atoms with E-state index in [0.717, 1.165) is 45.1 Å². The Kier molecular flexibility index (Phi) is 5.26. The first kappa shape index (κ1) is 15.6. The molecule has 0 spiro atoms. The van der Waals surface area contributed by atoms with Gasteiger partial charge in [0.1, 0.15) is 0 Å². The zero-order chi connectivity index (χ0) is 15.9. The molecule has 0 aromatic carbocycles. The van der Waals surface area contributed by atoms with Crippen molar-refractivity contribution < 1.29 is 4.79 Å². The normalized spacial score (nSPS) is 15.6. The molecule has 0 unspecified atom stereocenters. The number of hydrogen-bond acceptors (Lipinski definition) is 6. The van der Waals surface area contributed by atoms with Crippen molar-refractivity contribution in [3.63, 3.8) is 0 Å². The molecule has 0 saturated carbocycles. The largest absolute Gasteiger partial charge is 0.338 e. The van der Waals surface area contributed by atoms with Crippen molar-refractivity contribution in [3.05, 3.63) is 48.5 Å². The van der Waals surface area contributed by atoms with Crippen molar-refractivity contribution in [1.82, 2.24) is 19.9 Å². The summed E-state index contributed by atoms with van der Waals surface area (Å²) in [6.45, 7) is 4.79. The van der Waals surface area contributed by atoms with Gasteiger partial charge in [-0.25, -0.2) is 9.97 Å². The van der Waals surface area contributed by atoms with Crippen LogP contribution < -0.4 is 4.90 Å². The quantitative estimate of drug-likeness (QED) is 0.756. The molecule has 0 atom stereocenters. The van der Waals surface area contributed by atoms with E-state index in [9.17, 15) is 4.79 Å². The second kappa shape index (κ2) is 7.78. The molecule has 0 bridgehead atoms. The molecule has 6 nitrogen and oxygen atoms in total. The molecule has 1 fully saturated rings. The number of hydrogen-bond donors (Lipinski definition) is 0. The molecule has 0 N–H and O–H groups in total. The van der Waals surface area contributed by atoms with Gasteiger partial charge in [-0.15, -0.1) is 0 Å². The Balaban J connectivity index is 1.39. The molecular formula is C17H21N5O. The van der Waals surface area contributed by atoms with Crippen LogP contribution in [0, 0.1) is 0 Å². The van der Waals surface area contributed by atoms with E-state index in [-0.39, 0.29) is 5.78 Å². The van der Waals surface area contributed by atoms with Gasteiger partial charge in [-0.3, -0.25) is 14.7 Å². The van der Waals surface area contributed by atoms with Crippen LogP contribution in [0.4, 0.5) is 5.95 Å². The van der Waals surface area contributed by atoms with E-state index >= 15 is 0 Å². The van der Waals surface area contributed by atoms with Gasteiger partial charge in [-0.05, 0) is 31.2 Å². The maximum absolute atomic E-state index is 12.0. The summed E-state index contributed by atoms with van der Waals surface area (Å²) in [4.78, 5) is 29.2. The summed E-state index contributed by atoms with van der Waals surface area (Å²) in [5, 5.41) is 0. The Morgan fingerprint density at radius 1 is 1.04 bits per heavy atom. The van der Waals surface area contributed by atoms with Crippen LogP contribution >= 0.6 is 0 Å². The van der Waals surface area contributed by atoms with Crippen LogP contribution in [0.15, 0.2) is 43.0 Å². The number of anilines is 1. The average molecular weight is 311 g/mol. The summed E-state index contributed by atoms with van der Waals surface area (Å²) in [5.41, 5.74) is 0.707. The lowest BCUT2D eigenvalue weighted by Crippen LogP contribution is -2.47. The minimum Gasteiger partial charge on any atom is -0.338 e. The highest BCUT2D eigenvalue weighted by Crippen LogP contribution is 2.11. The number of pyridine rings is 1. The number of Topliss-reactive ketones (excluding diaryl/α,β-unsaturated/α-hetero) is 1. The highest BCUT2D eigenvalue weighted by atomic mass is 16.1. The third-order valence-electron chi connectivity index (χ3n) is 4.07. The van der Waals surface area contributed by atoms with Crippen molar-refractivity contribution >= 4 is 11.7 Å². The topological polar surface area (TPSA) is 62.2 Å². The smallest absolute Gasteiger partial charge is 0.225 e. The van der Waals surface area contributed by atoms with E-state index in [2.05, 4.69) is 24.8 Å². The molecule has 2 aromatic heterocycles. The molecular weight excluding hydrogens is 290 g/mol. The Hall–Kier alpha value is -2.34. The van der Waals surface area contributed by atoms with Crippen LogP contribution in [0.2, 0.25) is 0 Å². The minimum atomic E-state index is 0.175. The first-order valence-corrected chi connectivity index (χ1v) is 8.00. The van der Waals surface area contributed by atoms with Gasteiger partial charge >= 0.3 is 0 Å². The summed E-state index contributed by atoms with van der Waals surface area (Å²) in [6.07, 6.45) is 8.34. The van der Waals surface area contributed by atoms with Gasteiger partial charge in [0.2, 0.25) is 5.95 Å². The molecule has 3 rings (SSSR count). The van der Waals surface area contributed by atoms with Crippen LogP contribution in [0.3, 0.4) is 0 Å². The third-order valence-corrected chi connectivity index (χ3v) is 4.07. The number of piperazine rings is 1. The number of nitrogens with zero attached hydrogens (tertiary/aromatic N) is 5. The van der Waals surface area contributed by atoms with Crippen LogP contribution in [-0.2, 0) is 0 Å². The SMILES string of the molecule is O=C(CCCN1CCN(c2ncccn2)CC1)c1cccnc1. The van der Waals surface area contributed by atoms with Crippen LogP contribution in [0.25, 0.3) is 0 Å². The molecule has 1 aliphatic heterocycles. The zero-order valence-corrected chi connectivity index (χ0v) is 13.1. The highest BCUT2D eigenvalue weighted by Gasteiger charge is 2.18. The molecule has 1 aliphatic rings. The predicted molar refractivity (Wildman–Crippen MR) is 88.5 cm³/mol. The number of carbonyl (C=O) groups is 1. The minimum absolute atomic E-state index is 0.175. The molecule has 0 radical (unpaired) electrons. The zero-order valence-electron chi connectivity index (χ0n) is 13.1. The van der Waals surface area contributed by atoms with E-state index in [4.69, 9.17) is 0 Å². The lowest BCUT2D eigenvalue weighted by atomic mass is 10.1. The molecule has 2 aromatic rings. The van der Waals surface area contributed by atoms with Gasteiger partial charge < -0.3 is 4.90 Å². The van der Waals surface area contributed by atoms with Gasteiger partial charge in [-0.2, -0.15) is 0 Å². The third kappa shape index (κ3) is 4.32. The molecule has 0 amide bonds. The summed E-state index contributed by atoms with van der Waals surface area (Å²) in [5.74, 6) is 0.980. The molecule has 1 saturated heterocycles. The summed E-state index contributed by atoms with van der Waals surface area (Å²) in [7, 11) is 0. The first-order valence-electron chi connectivity index (χ1n) is 8.00. The van der Waals surface area contributed by atoms with Crippen molar-refractivity contribution in [2.24, 2.45) is 0 Å². The molecule has 0 aliphatic carbocycles. The Labute approximate surface area is 136 Å². The van der Waals surface area contributed by atoms with Gasteiger partial charge in [0.25, 0.3) is 0 Å². The monoisotopic (exact) mass is 311 g/mol. The van der Waals surface area contributed by atoms with Crippen LogP contribution in [0.1, 0.15) is 23.2 Å². The highest BCUT2D eigenvalue weighted by molar-refractivity contribution is 5.95. The fourth-order valence-corrected chi connectivity index (χ4v) is 2.76. The molecule has 3 heterocycles. The number of aromatic nitrogens is 3. The standard InChI is InChI=1S/C17H21N5O/c23-16(15-4-1-6-18-14-15)5-2-9-21-10-12-22(13-11-21)17-19-7-3-8-20-17/h1,3-4,6-8,14H,2,5,9-13H2. The van der Waals surface area contributed by atoms with E-state index in [0.29, 0.717) is 12.0 Å². The second-order valence-electron chi connectivity index (χ2n) is 5.65. The maximum Gasteiger partial charge on any atom is 0.225 e. The van der Waals surface area contributed by atoms with Crippen molar-refractivity contribution in [2.45, 2.75) is 12.8 Å². The molecule has 6 heteroatoms. The lowest BCUT2D eigenvalue weighted by molar-refractivity contribution is 0.0974. The maximum atomic E-state index is 12.0. The fraction of sp³-hybridized carbons (Fsp3) is 0.412. The summed E-state index contributed by atoms with van der Waals surface area (Å²) < 4.78 is 0. The first-order chi connectivity index (χ1) is 11.3. The van der Waals surface area contributed by atoms with Gasteiger partial charge in [0.05, 0.1) is 0 Å². The van der Waals surface area contributed by atoms with E-state index in [1.165, 1.54) is 0 Å².